The predicted octanol–water partition coefficient (Wildman–Crippen LogP) is 1.83. The number of allylic oxidation sites excluding steroid dienone is 2. The molecular formula is C8H15NO. The summed E-state index contributed by atoms with van der Waals surface area (Å²) in [6.45, 7) is 8.17. The molecule has 0 aliphatic rings. The van der Waals surface area contributed by atoms with E-state index in [2.05, 4.69) is 6.58 Å². The lowest BCUT2D eigenvalue weighted by molar-refractivity contribution is -0.0558. The van der Waals surface area contributed by atoms with Crippen LogP contribution in [0.15, 0.2) is 23.8 Å². The van der Waals surface area contributed by atoms with E-state index in [1.54, 1.807) is 13.1 Å². The first kappa shape index (κ1) is 9.40. The Kier molecular flexibility index (Phi) is 4.00. The van der Waals surface area contributed by atoms with Crippen LogP contribution in [-0.2, 0) is 0 Å². The summed E-state index contributed by atoms with van der Waals surface area (Å²) in [7, 11) is 1.62. The average molecular weight is 141 g/mol. The summed E-state index contributed by atoms with van der Waals surface area (Å²) in [4.78, 5) is 0. The van der Waals surface area contributed by atoms with Crippen LogP contribution in [0.2, 0.25) is 0 Å². The van der Waals surface area contributed by atoms with Crippen LogP contribution in [0.1, 0.15) is 13.8 Å². The molecule has 10 heavy (non-hydrogen) atoms. The van der Waals surface area contributed by atoms with E-state index in [1.165, 1.54) is 0 Å². The quantitative estimate of drug-likeness (QED) is 0.478. The van der Waals surface area contributed by atoms with Crippen LogP contribution < -0.4 is 0 Å². The van der Waals surface area contributed by atoms with Gasteiger partial charge in [0.2, 0.25) is 0 Å². The second kappa shape index (κ2) is 4.25. The lowest BCUT2D eigenvalue weighted by Crippen LogP contribution is -2.15. The van der Waals surface area contributed by atoms with E-state index in [9.17, 15) is 0 Å². The van der Waals surface area contributed by atoms with Crippen LogP contribution in [-0.4, -0.2) is 23.9 Å². The summed E-state index contributed by atoms with van der Waals surface area (Å²) < 4.78 is 0. The Morgan fingerprint density at radius 2 is 2.10 bits per heavy atom. The van der Waals surface area contributed by atoms with Gasteiger partial charge < -0.3 is 5.21 Å². The van der Waals surface area contributed by atoms with Crippen LogP contribution in [0.25, 0.3) is 0 Å². The fourth-order valence-corrected chi connectivity index (χ4v) is 0.642. The maximum atomic E-state index is 8.83. The number of hydroxylamine groups is 2. The van der Waals surface area contributed by atoms with Crippen LogP contribution >= 0.6 is 0 Å². The third-order valence-corrected chi connectivity index (χ3v) is 1.45. The highest BCUT2D eigenvalue weighted by molar-refractivity contribution is 5.20. The molecule has 0 rings (SSSR count). The molecule has 0 radical (unpaired) electrons. The van der Waals surface area contributed by atoms with E-state index >= 15 is 0 Å². The molecule has 0 bridgehead atoms. The minimum Gasteiger partial charge on any atom is -0.314 e. The van der Waals surface area contributed by atoms with Crippen molar-refractivity contribution >= 4 is 0 Å². The molecule has 0 fully saturated rings. The maximum absolute atomic E-state index is 8.83. The zero-order valence-electron chi connectivity index (χ0n) is 6.89. The van der Waals surface area contributed by atoms with Gasteiger partial charge in [0.05, 0.1) is 0 Å². The van der Waals surface area contributed by atoms with Crippen molar-refractivity contribution in [2.45, 2.75) is 13.8 Å². The van der Waals surface area contributed by atoms with E-state index in [0.29, 0.717) is 6.54 Å². The molecule has 0 aromatic heterocycles. The Balaban J connectivity index is 4.04. The third kappa shape index (κ3) is 3.43. The highest BCUT2D eigenvalue weighted by Crippen LogP contribution is 2.03. The molecule has 0 atom stereocenters. The number of hydrogen-bond donors (Lipinski definition) is 1. The van der Waals surface area contributed by atoms with Crippen molar-refractivity contribution in [3.63, 3.8) is 0 Å². The minimum atomic E-state index is 0.581. The van der Waals surface area contributed by atoms with Gasteiger partial charge in [-0.25, -0.2) is 0 Å². The number of nitrogens with zero attached hydrogens (tertiary/aromatic N) is 1. The second-order valence-corrected chi connectivity index (χ2v) is 2.48. The van der Waals surface area contributed by atoms with Gasteiger partial charge in [-0.15, -0.1) is 0 Å². The van der Waals surface area contributed by atoms with E-state index in [0.717, 1.165) is 16.2 Å². The second-order valence-electron chi connectivity index (χ2n) is 2.48. The standard InChI is InChI=1S/C8H15NO/c1-5-7(2)8(3)6-9(4)10/h5,10H,1,6H2,2-4H3/b8-7+. The molecule has 0 saturated heterocycles. The minimum absolute atomic E-state index is 0.581. The van der Waals surface area contributed by atoms with Crippen molar-refractivity contribution in [2.24, 2.45) is 0 Å². The van der Waals surface area contributed by atoms with E-state index in [-0.39, 0.29) is 0 Å². The molecule has 1 N–H and O–H groups in total. The molecule has 58 valence electrons. The Morgan fingerprint density at radius 1 is 1.60 bits per heavy atom. The van der Waals surface area contributed by atoms with Gasteiger partial charge in [-0.1, -0.05) is 23.8 Å². The highest BCUT2D eigenvalue weighted by atomic mass is 16.5. The molecule has 0 amide bonds. The molecule has 0 aliphatic heterocycles. The van der Waals surface area contributed by atoms with Crippen LogP contribution in [0.5, 0.6) is 0 Å². The molecule has 0 unspecified atom stereocenters. The maximum Gasteiger partial charge on any atom is 0.0448 e. The first-order valence-electron chi connectivity index (χ1n) is 3.26. The molecule has 0 aromatic rings. The van der Waals surface area contributed by atoms with Gasteiger partial charge in [0.1, 0.15) is 0 Å². The predicted molar refractivity (Wildman–Crippen MR) is 43.0 cm³/mol. The summed E-state index contributed by atoms with van der Waals surface area (Å²) in [6, 6.07) is 0. The molecule has 0 saturated carbocycles. The fourth-order valence-electron chi connectivity index (χ4n) is 0.642. The summed E-state index contributed by atoms with van der Waals surface area (Å²) >= 11 is 0. The molecule has 0 heterocycles. The molecule has 0 aliphatic carbocycles. The van der Waals surface area contributed by atoms with Gasteiger partial charge in [0.25, 0.3) is 0 Å². The monoisotopic (exact) mass is 141 g/mol. The van der Waals surface area contributed by atoms with Crippen molar-refractivity contribution < 1.29 is 5.21 Å². The highest BCUT2D eigenvalue weighted by Gasteiger charge is 1.95. The van der Waals surface area contributed by atoms with Crippen LogP contribution in [0.4, 0.5) is 0 Å². The summed E-state index contributed by atoms with van der Waals surface area (Å²) in [5.41, 5.74) is 2.26. The Hall–Kier alpha value is -0.600. The van der Waals surface area contributed by atoms with Crippen molar-refractivity contribution in [2.75, 3.05) is 13.6 Å². The SMILES string of the molecule is C=C/C(C)=C(\C)CN(C)O. The largest absolute Gasteiger partial charge is 0.314 e. The zero-order valence-corrected chi connectivity index (χ0v) is 6.89. The molecule has 2 nitrogen and oxygen atoms in total. The Morgan fingerprint density at radius 3 is 2.40 bits per heavy atom. The molecule has 0 aromatic carbocycles. The molecular weight excluding hydrogens is 126 g/mol. The lowest BCUT2D eigenvalue weighted by Gasteiger charge is -2.09. The van der Waals surface area contributed by atoms with Crippen molar-refractivity contribution in [1.82, 2.24) is 5.06 Å². The topological polar surface area (TPSA) is 23.5 Å². The van der Waals surface area contributed by atoms with Crippen LogP contribution in [0, 0.1) is 0 Å². The Labute approximate surface area is 62.4 Å². The van der Waals surface area contributed by atoms with E-state index < -0.39 is 0 Å². The number of likely N-dealkylation sites (N-methyl/N-ethyl adjacent to an activating group) is 1. The van der Waals surface area contributed by atoms with Gasteiger partial charge in [0.15, 0.2) is 0 Å². The van der Waals surface area contributed by atoms with E-state index in [4.69, 9.17) is 5.21 Å². The van der Waals surface area contributed by atoms with Crippen LogP contribution in [0.3, 0.4) is 0 Å². The fraction of sp³-hybridized carbons (Fsp3) is 0.500. The smallest absolute Gasteiger partial charge is 0.0448 e. The summed E-state index contributed by atoms with van der Waals surface area (Å²) in [6.07, 6.45) is 1.79. The first-order valence-corrected chi connectivity index (χ1v) is 3.26. The lowest BCUT2D eigenvalue weighted by atomic mass is 10.1. The number of hydrogen-bond acceptors (Lipinski definition) is 2. The van der Waals surface area contributed by atoms with Gasteiger partial charge in [-0.2, -0.15) is 5.06 Å². The van der Waals surface area contributed by atoms with Gasteiger partial charge in [0, 0.05) is 13.6 Å². The van der Waals surface area contributed by atoms with E-state index in [1.807, 2.05) is 13.8 Å². The number of rotatable bonds is 3. The first-order chi connectivity index (χ1) is 4.57. The normalized spacial score (nSPS) is 13.3. The van der Waals surface area contributed by atoms with Gasteiger partial charge in [-0.3, -0.25) is 0 Å². The van der Waals surface area contributed by atoms with Crippen molar-refractivity contribution in [3.8, 4) is 0 Å². The van der Waals surface area contributed by atoms with Crippen molar-refractivity contribution in [3.05, 3.63) is 23.8 Å². The van der Waals surface area contributed by atoms with Gasteiger partial charge >= 0.3 is 0 Å². The summed E-state index contributed by atoms with van der Waals surface area (Å²) in [5.74, 6) is 0. The average Bonchev–Trinajstić information content (AvgIpc) is 1.85. The third-order valence-electron chi connectivity index (χ3n) is 1.45. The Bertz CT molecular complexity index is 147. The molecule has 2 heteroatoms. The zero-order chi connectivity index (χ0) is 8.15. The summed E-state index contributed by atoms with van der Waals surface area (Å²) in [5, 5.41) is 9.99. The van der Waals surface area contributed by atoms with Crippen molar-refractivity contribution in [1.29, 1.82) is 0 Å². The van der Waals surface area contributed by atoms with Gasteiger partial charge in [-0.05, 0) is 13.8 Å². The molecule has 0 spiro atoms.